The summed E-state index contributed by atoms with van der Waals surface area (Å²) >= 11 is 1.46. The highest BCUT2D eigenvalue weighted by Gasteiger charge is 2.47. The highest BCUT2D eigenvalue weighted by Crippen LogP contribution is 2.43. The van der Waals surface area contributed by atoms with E-state index < -0.39 is 17.7 Å². The predicted octanol–water partition coefficient (Wildman–Crippen LogP) is 4.13. The first-order chi connectivity index (χ1) is 16.0. The topological polar surface area (TPSA) is 64.1 Å². The van der Waals surface area contributed by atoms with Gasteiger partial charge < -0.3 is 14.9 Å². The summed E-state index contributed by atoms with van der Waals surface area (Å²) in [5.74, 6) is -1.44. The highest BCUT2D eigenvalue weighted by atomic mass is 32.1. The van der Waals surface area contributed by atoms with E-state index in [2.05, 4.69) is 16.8 Å². The second-order valence-electron chi connectivity index (χ2n) is 8.36. The molecule has 1 unspecified atom stereocenters. The van der Waals surface area contributed by atoms with E-state index in [9.17, 15) is 14.7 Å². The molecule has 5 rings (SSSR count). The fourth-order valence-electron chi connectivity index (χ4n) is 4.46. The van der Waals surface area contributed by atoms with Gasteiger partial charge in [-0.3, -0.25) is 14.5 Å². The molecule has 0 aliphatic carbocycles. The van der Waals surface area contributed by atoms with Crippen molar-refractivity contribution < 1.29 is 14.7 Å². The number of piperazine rings is 1. The monoisotopic (exact) mass is 459 g/mol. The first-order valence-electron chi connectivity index (χ1n) is 11.0. The van der Waals surface area contributed by atoms with Gasteiger partial charge in [-0.1, -0.05) is 36.4 Å². The Bertz CT molecular complexity index is 1180. The van der Waals surface area contributed by atoms with Gasteiger partial charge in [0.2, 0.25) is 0 Å². The van der Waals surface area contributed by atoms with Crippen molar-refractivity contribution in [2.75, 3.05) is 43.0 Å². The number of carbonyl (C=O) groups excluding carboxylic acids is 2. The maximum Gasteiger partial charge on any atom is 0.300 e. The number of amides is 1. The Morgan fingerprint density at radius 1 is 0.879 bits per heavy atom. The van der Waals surface area contributed by atoms with Crippen molar-refractivity contribution in [2.24, 2.45) is 0 Å². The van der Waals surface area contributed by atoms with Gasteiger partial charge in [0.05, 0.1) is 5.57 Å². The van der Waals surface area contributed by atoms with Crippen LogP contribution in [0.3, 0.4) is 0 Å². The number of carbonyl (C=O) groups is 2. The quantitative estimate of drug-likeness (QED) is 0.361. The molecule has 0 bridgehead atoms. The van der Waals surface area contributed by atoms with Crippen LogP contribution in [0.25, 0.3) is 5.76 Å². The standard InChI is InChI=1S/C26H25N3O3S/c1-27-13-15-28(16-14-27)19-9-11-20(12-10-19)29-23(21-8-5-17-33-21)22(25(31)26(29)32)24(30)18-6-3-2-4-7-18/h2-12,17,23,30H,13-16H2,1H3/b24-22-. The predicted molar refractivity (Wildman–Crippen MR) is 132 cm³/mol. The maximum atomic E-state index is 13.2. The molecule has 1 atom stereocenters. The van der Waals surface area contributed by atoms with Gasteiger partial charge in [-0.2, -0.15) is 0 Å². The minimum absolute atomic E-state index is 0.122. The third-order valence-corrected chi connectivity index (χ3v) is 7.23. The van der Waals surface area contributed by atoms with E-state index in [0.717, 1.165) is 36.7 Å². The maximum absolute atomic E-state index is 13.2. The third kappa shape index (κ3) is 3.94. The van der Waals surface area contributed by atoms with Gasteiger partial charge in [-0.25, -0.2) is 0 Å². The smallest absolute Gasteiger partial charge is 0.300 e. The van der Waals surface area contributed by atoms with E-state index >= 15 is 0 Å². The third-order valence-electron chi connectivity index (χ3n) is 6.30. The van der Waals surface area contributed by atoms with Crippen molar-refractivity contribution in [3.05, 3.63) is 88.1 Å². The Morgan fingerprint density at radius 3 is 2.18 bits per heavy atom. The number of aliphatic hydroxyl groups is 1. The van der Waals surface area contributed by atoms with Crippen molar-refractivity contribution in [1.82, 2.24) is 4.90 Å². The number of ketones is 1. The molecule has 2 saturated heterocycles. The molecule has 1 N–H and O–H groups in total. The first kappa shape index (κ1) is 21.4. The number of hydrogen-bond donors (Lipinski definition) is 1. The van der Waals surface area contributed by atoms with Crippen molar-refractivity contribution in [1.29, 1.82) is 0 Å². The SMILES string of the molecule is CN1CCN(c2ccc(N3C(=O)C(=O)/C(=C(\O)c4ccccc4)C3c3cccs3)cc2)CC1. The lowest BCUT2D eigenvalue weighted by molar-refractivity contribution is -0.132. The average molecular weight is 460 g/mol. The molecule has 2 aliphatic rings. The summed E-state index contributed by atoms with van der Waals surface area (Å²) in [6, 6.07) is 19.8. The number of thiophene rings is 1. The number of aliphatic hydroxyl groups excluding tert-OH is 1. The van der Waals surface area contributed by atoms with Crippen LogP contribution in [-0.4, -0.2) is 54.9 Å². The normalized spacial score (nSPS) is 21.1. The van der Waals surface area contributed by atoms with Crippen LogP contribution < -0.4 is 9.80 Å². The van der Waals surface area contributed by atoms with Gasteiger partial charge in [-0.05, 0) is 42.8 Å². The summed E-state index contributed by atoms with van der Waals surface area (Å²) < 4.78 is 0. The van der Waals surface area contributed by atoms with Crippen LogP contribution in [0.1, 0.15) is 16.5 Å². The molecule has 0 spiro atoms. The molecular formula is C26H25N3O3S. The molecule has 2 aliphatic heterocycles. The lowest BCUT2D eigenvalue weighted by Crippen LogP contribution is -2.44. The summed E-state index contributed by atoms with van der Waals surface area (Å²) in [6.45, 7) is 3.92. The zero-order chi connectivity index (χ0) is 22.9. The number of Topliss-reactive ketones (excluding diaryl/α,β-unsaturated/α-hetero) is 1. The lowest BCUT2D eigenvalue weighted by atomic mass is 10.00. The second kappa shape index (κ2) is 8.84. The summed E-state index contributed by atoms with van der Waals surface area (Å²) in [7, 11) is 2.12. The molecule has 7 heteroatoms. The van der Waals surface area contributed by atoms with E-state index in [1.165, 1.54) is 16.2 Å². The van der Waals surface area contributed by atoms with E-state index in [1.54, 1.807) is 24.3 Å². The molecule has 3 heterocycles. The number of anilines is 2. The zero-order valence-electron chi connectivity index (χ0n) is 18.3. The van der Waals surface area contributed by atoms with Gasteiger partial charge >= 0.3 is 0 Å². The number of rotatable bonds is 4. The summed E-state index contributed by atoms with van der Waals surface area (Å²) in [6.07, 6.45) is 0. The molecular weight excluding hydrogens is 434 g/mol. The van der Waals surface area contributed by atoms with Crippen molar-refractivity contribution in [3.8, 4) is 0 Å². The zero-order valence-corrected chi connectivity index (χ0v) is 19.2. The van der Waals surface area contributed by atoms with Crippen LogP contribution in [0, 0.1) is 0 Å². The van der Waals surface area contributed by atoms with Gasteiger partial charge in [0.15, 0.2) is 0 Å². The van der Waals surface area contributed by atoms with Crippen molar-refractivity contribution in [2.45, 2.75) is 6.04 Å². The fourth-order valence-corrected chi connectivity index (χ4v) is 5.28. The molecule has 168 valence electrons. The number of likely N-dealkylation sites (N-methyl/N-ethyl adjacent to an activating group) is 1. The molecule has 3 aromatic rings. The minimum atomic E-state index is -0.669. The number of benzene rings is 2. The molecule has 0 radical (unpaired) electrons. The average Bonchev–Trinajstić information content (AvgIpc) is 3.47. The fraction of sp³-hybridized carbons (Fsp3) is 0.231. The van der Waals surface area contributed by atoms with E-state index in [1.807, 2.05) is 47.8 Å². The van der Waals surface area contributed by atoms with Crippen LogP contribution in [-0.2, 0) is 9.59 Å². The Kier molecular flexibility index (Phi) is 5.74. The highest BCUT2D eigenvalue weighted by molar-refractivity contribution is 7.10. The number of nitrogens with zero attached hydrogens (tertiary/aromatic N) is 3. The van der Waals surface area contributed by atoms with E-state index in [0.29, 0.717) is 11.3 Å². The molecule has 6 nitrogen and oxygen atoms in total. The molecule has 2 aromatic carbocycles. The van der Waals surface area contributed by atoms with Gasteiger partial charge in [0, 0.05) is 48.0 Å². The second-order valence-corrected chi connectivity index (χ2v) is 9.34. The van der Waals surface area contributed by atoms with Crippen LogP contribution in [0.4, 0.5) is 11.4 Å². The largest absolute Gasteiger partial charge is 0.507 e. The number of hydrogen-bond acceptors (Lipinski definition) is 6. The Balaban J connectivity index is 1.54. The first-order valence-corrected chi connectivity index (χ1v) is 11.9. The van der Waals surface area contributed by atoms with Gasteiger partial charge in [0.1, 0.15) is 11.8 Å². The van der Waals surface area contributed by atoms with Gasteiger partial charge in [-0.15, -0.1) is 11.3 Å². The Labute approximate surface area is 197 Å². The van der Waals surface area contributed by atoms with E-state index in [4.69, 9.17) is 0 Å². The van der Waals surface area contributed by atoms with Crippen LogP contribution in [0.2, 0.25) is 0 Å². The molecule has 1 aromatic heterocycles. The van der Waals surface area contributed by atoms with Crippen molar-refractivity contribution in [3.63, 3.8) is 0 Å². The lowest BCUT2D eigenvalue weighted by Gasteiger charge is -2.34. The van der Waals surface area contributed by atoms with Crippen LogP contribution >= 0.6 is 11.3 Å². The molecule has 1 amide bonds. The molecule has 33 heavy (non-hydrogen) atoms. The van der Waals surface area contributed by atoms with Crippen LogP contribution in [0.5, 0.6) is 0 Å². The van der Waals surface area contributed by atoms with Gasteiger partial charge in [0.25, 0.3) is 11.7 Å². The summed E-state index contributed by atoms with van der Waals surface area (Å²) in [5, 5.41) is 13.0. The Morgan fingerprint density at radius 2 is 1.55 bits per heavy atom. The molecule has 0 saturated carbocycles. The summed E-state index contributed by atoms with van der Waals surface area (Å²) in [5.41, 5.74) is 2.38. The summed E-state index contributed by atoms with van der Waals surface area (Å²) in [4.78, 5) is 33.3. The minimum Gasteiger partial charge on any atom is -0.507 e. The van der Waals surface area contributed by atoms with Crippen LogP contribution in [0.15, 0.2) is 77.7 Å². The molecule has 2 fully saturated rings. The Hall–Kier alpha value is -3.42. The van der Waals surface area contributed by atoms with E-state index in [-0.39, 0.29) is 11.3 Å². The van der Waals surface area contributed by atoms with Crippen molar-refractivity contribution >= 4 is 40.2 Å².